The quantitative estimate of drug-likeness (QED) is 0.845. The fraction of sp³-hybridized carbons (Fsp3) is 0.143. The number of carbonyl (C=O) groups is 1. The molecule has 2 aromatic rings. The highest BCUT2D eigenvalue weighted by molar-refractivity contribution is 9.10. The second-order valence-electron chi connectivity index (χ2n) is 4.59. The van der Waals surface area contributed by atoms with Crippen molar-refractivity contribution in [3.63, 3.8) is 0 Å². The van der Waals surface area contributed by atoms with Gasteiger partial charge in [0.1, 0.15) is 4.60 Å². The normalized spacial score (nSPS) is 11.2. The van der Waals surface area contributed by atoms with Crippen LogP contribution in [-0.4, -0.2) is 25.6 Å². The van der Waals surface area contributed by atoms with Gasteiger partial charge in [0.2, 0.25) is 0 Å². The van der Waals surface area contributed by atoms with Crippen LogP contribution in [0.1, 0.15) is 15.9 Å². The fourth-order valence-corrected chi connectivity index (χ4v) is 2.58. The zero-order valence-electron chi connectivity index (χ0n) is 11.4. The Balaban J connectivity index is 2.26. The van der Waals surface area contributed by atoms with E-state index in [1.807, 2.05) is 6.92 Å². The molecule has 0 bridgehead atoms. The number of anilines is 1. The molecule has 0 aliphatic heterocycles. The smallest absolute Gasteiger partial charge is 0.255 e. The van der Waals surface area contributed by atoms with Crippen LogP contribution in [0.15, 0.2) is 46.0 Å². The largest absolute Gasteiger partial charge is 0.321 e. The van der Waals surface area contributed by atoms with Crippen LogP contribution in [0.4, 0.5) is 5.69 Å². The van der Waals surface area contributed by atoms with Gasteiger partial charge in [-0.1, -0.05) is 6.07 Å². The van der Waals surface area contributed by atoms with Crippen molar-refractivity contribution in [1.82, 2.24) is 4.98 Å². The number of aryl methyl sites for hydroxylation is 1. The number of nitrogens with one attached hydrogen (secondary N) is 1. The van der Waals surface area contributed by atoms with Crippen LogP contribution in [0.3, 0.4) is 0 Å². The van der Waals surface area contributed by atoms with Crippen LogP contribution in [0, 0.1) is 6.92 Å². The number of halogens is 1. The van der Waals surface area contributed by atoms with Gasteiger partial charge in [-0.25, -0.2) is 13.4 Å². The number of amides is 1. The van der Waals surface area contributed by atoms with Crippen LogP contribution in [0.25, 0.3) is 0 Å². The Hall–Kier alpha value is -1.73. The molecule has 1 amide bonds. The van der Waals surface area contributed by atoms with E-state index in [-0.39, 0.29) is 16.4 Å². The SMILES string of the molecule is Cc1cc(NC(=O)c2cccc(S(C)(=O)=O)c2)cnc1Br. The van der Waals surface area contributed by atoms with E-state index >= 15 is 0 Å². The third-order valence-corrected chi connectivity index (χ3v) is 4.74. The highest BCUT2D eigenvalue weighted by Crippen LogP contribution is 2.18. The second kappa shape index (κ2) is 5.95. The zero-order valence-corrected chi connectivity index (χ0v) is 13.8. The first-order valence-corrected chi connectivity index (χ1v) is 8.69. The van der Waals surface area contributed by atoms with Gasteiger partial charge in [0.15, 0.2) is 9.84 Å². The number of carbonyl (C=O) groups excluding carboxylic acids is 1. The third kappa shape index (κ3) is 3.89. The van der Waals surface area contributed by atoms with Crippen molar-refractivity contribution in [3.8, 4) is 0 Å². The van der Waals surface area contributed by atoms with E-state index in [2.05, 4.69) is 26.2 Å². The van der Waals surface area contributed by atoms with Crippen molar-refractivity contribution in [3.05, 3.63) is 52.3 Å². The number of pyridine rings is 1. The summed E-state index contributed by atoms with van der Waals surface area (Å²) in [7, 11) is -3.34. The average molecular weight is 369 g/mol. The Morgan fingerprint density at radius 3 is 2.62 bits per heavy atom. The van der Waals surface area contributed by atoms with E-state index in [4.69, 9.17) is 0 Å². The number of nitrogens with zero attached hydrogens (tertiary/aromatic N) is 1. The van der Waals surface area contributed by atoms with Gasteiger partial charge in [-0.05, 0) is 52.7 Å². The maximum absolute atomic E-state index is 12.1. The molecule has 0 unspecified atom stereocenters. The molecule has 0 saturated heterocycles. The predicted molar refractivity (Wildman–Crippen MR) is 84.2 cm³/mol. The van der Waals surface area contributed by atoms with Crippen molar-refractivity contribution in [2.24, 2.45) is 0 Å². The summed E-state index contributed by atoms with van der Waals surface area (Å²) in [4.78, 5) is 16.3. The zero-order chi connectivity index (χ0) is 15.6. The second-order valence-corrected chi connectivity index (χ2v) is 7.35. The molecule has 0 aliphatic rings. The first-order chi connectivity index (χ1) is 9.77. The van der Waals surface area contributed by atoms with Crippen molar-refractivity contribution in [2.45, 2.75) is 11.8 Å². The maximum atomic E-state index is 12.1. The van der Waals surface area contributed by atoms with E-state index in [1.54, 1.807) is 12.1 Å². The monoisotopic (exact) mass is 368 g/mol. The van der Waals surface area contributed by atoms with Gasteiger partial charge < -0.3 is 5.32 Å². The minimum absolute atomic E-state index is 0.111. The Morgan fingerprint density at radius 2 is 2.00 bits per heavy atom. The van der Waals surface area contributed by atoms with Crippen molar-refractivity contribution >= 4 is 37.4 Å². The molecule has 0 radical (unpaired) electrons. The number of sulfone groups is 1. The van der Waals surface area contributed by atoms with Crippen LogP contribution >= 0.6 is 15.9 Å². The van der Waals surface area contributed by atoms with Crippen LogP contribution in [-0.2, 0) is 9.84 Å². The van der Waals surface area contributed by atoms with Crippen LogP contribution in [0.5, 0.6) is 0 Å². The van der Waals surface area contributed by atoms with Gasteiger partial charge in [0, 0.05) is 11.8 Å². The van der Waals surface area contributed by atoms with Gasteiger partial charge in [-0.2, -0.15) is 0 Å². The molecule has 0 atom stereocenters. The maximum Gasteiger partial charge on any atom is 0.255 e. The molecule has 0 spiro atoms. The number of benzene rings is 1. The molecule has 2 rings (SSSR count). The topological polar surface area (TPSA) is 76.1 Å². The van der Waals surface area contributed by atoms with Crippen LogP contribution < -0.4 is 5.32 Å². The summed E-state index contributed by atoms with van der Waals surface area (Å²) in [6, 6.07) is 7.68. The molecule has 0 aliphatic carbocycles. The molecule has 1 heterocycles. The standard InChI is InChI=1S/C14H13BrN2O3S/c1-9-6-11(8-16-13(9)15)17-14(18)10-4-3-5-12(7-10)21(2,19)20/h3-8H,1-2H3,(H,17,18). The Kier molecular flexibility index (Phi) is 4.43. The summed E-state index contributed by atoms with van der Waals surface area (Å²) < 4.78 is 23.7. The highest BCUT2D eigenvalue weighted by atomic mass is 79.9. The average Bonchev–Trinajstić information content (AvgIpc) is 2.42. The lowest BCUT2D eigenvalue weighted by Gasteiger charge is -2.07. The number of hydrogen-bond acceptors (Lipinski definition) is 4. The molecule has 0 fully saturated rings. The molecule has 21 heavy (non-hydrogen) atoms. The summed E-state index contributed by atoms with van der Waals surface area (Å²) in [5.74, 6) is -0.385. The molecule has 7 heteroatoms. The summed E-state index contributed by atoms with van der Waals surface area (Å²) in [5.41, 5.74) is 1.71. The number of rotatable bonds is 3. The lowest BCUT2D eigenvalue weighted by Crippen LogP contribution is -2.13. The molecule has 1 aromatic heterocycles. The molecule has 1 aromatic carbocycles. The van der Waals surface area contributed by atoms with Crippen LogP contribution in [0.2, 0.25) is 0 Å². The summed E-state index contributed by atoms with van der Waals surface area (Å²) in [6.45, 7) is 1.86. The van der Waals surface area contributed by atoms with Crippen molar-refractivity contribution < 1.29 is 13.2 Å². The summed E-state index contributed by atoms with van der Waals surface area (Å²) in [5, 5.41) is 2.69. The van der Waals surface area contributed by atoms with Crippen molar-refractivity contribution in [2.75, 3.05) is 11.6 Å². The minimum atomic E-state index is -3.34. The van der Waals surface area contributed by atoms with Gasteiger partial charge >= 0.3 is 0 Å². The lowest BCUT2D eigenvalue weighted by atomic mass is 10.2. The number of hydrogen-bond donors (Lipinski definition) is 1. The van der Waals surface area contributed by atoms with E-state index in [9.17, 15) is 13.2 Å². The van der Waals surface area contributed by atoms with Gasteiger partial charge in [0.05, 0.1) is 16.8 Å². The first kappa shape index (κ1) is 15.7. The highest BCUT2D eigenvalue weighted by Gasteiger charge is 2.12. The third-order valence-electron chi connectivity index (χ3n) is 2.80. The Morgan fingerprint density at radius 1 is 1.29 bits per heavy atom. The summed E-state index contributed by atoms with van der Waals surface area (Å²) >= 11 is 3.28. The van der Waals surface area contributed by atoms with Crippen molar-refractivity contribution in [1.29, 1.82) is 0 Å². The minimum Gasteiger partial charge on any atom is -0.321 e. The Bertz CT molecular complexity index is 804. The van der Waals surface area contributed by atoms with E-state index in [0.29, 0.717) is 10.3 Å². The van der Waals surface area contributed by atoms with Gasteiger partial charge in [-0.15, -0.1) is 0 Å². The lowest BCUT2D eigenvalue weighted by molar-refractivity contribution is 0.102. The van der Waals surface area contributed by atoms with E-state index in [0.717, 1.165) is 11.8 Å². The number of aromatic nitrogens is 1. The van der Waals surface area contributed by atoms with Gasteiger partial charge in [0.25, 0.3) is 5.91 Å². The molecule has 5 nitrogen and oxygen atoms in total. The first-order valence-electron chi connectivity index (χ1n) is 6.01. The molecule has 110 valence electrons. The predicted octanol–water partition coefficient (Wildman–Crippen LogP) is 2.81. The molecule has 1 N–H and O–H groups in total. The molecular formula is C14H13BrN2O3S. The van der Waals surface area contributed by atoms with Gasteiger partial charge in [-0.3, -0.25) is 4.79 Å². The molecule has 0 saturated carbocycles. The Labute approximate surface area is 131 Å². The van der Waals surface area contributed by atoms with E-state index in [1.165, 1.54) is 24.4 Å². The summed E-state index contributed by atoms with van der Waals surface area (Å²) in [6.07, 6.45) is 2.63. The fourth-order valence-electron chi connectivity index (χ4n) is 1.70. The van der Waals surface area contributed by atoms with E-state index < -0.39 is 9.84 Å². The molecular weight excluding hydrogens is 356 g/mol.